The number of halogens is 13. The lowest BCUT2D eigenvalue weighted by molar-refractivity contribution is -0.457. The maximum absolute atomic E-state index is 15.2. The molecule has 0 bridgehead atoms. The molecule has 5 atom stereocenters. The molecule has 3 aliphatic rings. The van der Waals surface area contributed by atoms with E-state index in [1.54, 1.807) is 33.7 Å². The van der Waals surface area contributed by atoms with Gasteiger partial charge in [0.1, 0.15) is 5.75 Å². The van der Waals surface area contributed by atoms with Crippen LogP contribution in [0.3, 0.4) is 0 Å². The zero-order valence-electron chi connectivity index (χ0n) is 32.9. The number of fused-ring (bicyclic) bond motifs is 5. The fraction of sp³-hybridized carbons (Fsp3) is 0.700. The molecule has 5 unspecified atom stereocenters. The van der Waals surface area contributed by atoms with E-state index in [9.17, 15) is 39.5 Å². The van der Waals surface area contributed by atoms with Gasteiger partial charge in [0.25, 0.3) is 0 Å². The Morgan fingerprint density at radius 1 is 0.767 bits per heavy atom. The average Bonchev–Trinajstić information content (AvgIpc) is 3.51. The lowest BCUT2D eigenvalue weighted by atomic mass is 9.55. The third-order valence-corrected chi connectivity index (χ3v) is 14.3. The van der Waals surface area contributed by atoms with Crippen molar-refractivity contribution < 1.29 is 76.0 Å². The molecule has 0 heterocycles. The molecule has 0 amide bonds. The van der Waals surface area contributed by atoms with E-state index in [2.05, 4.69) is 10.1 Å². The summed E-state index contributed by atoms with van der Waals surface area (Å²) in [7, 11) is 3.28. The van der Waals surface area contributed by atoms with Gasteiger partial charge in [-0.1, -0.05) is 41.5 Å². The van der Waals surface area contributed by atoms with E-state index < -0.39 is 96.4 Å². The molecule has 20 heteroatoms. The van der Waals surface area contributed by atoms with Gasteiger partial charge in [0.15, 0.2) is 11.6 Å². The zero-order valence-corrected chi connectivity index (χ0v) is 34.6. The summed E-state index contributed by atoms with van der Waals surface area (Å²) in [5.74, 6) is -5.74. The van der Waals surface area contributed by atoms with Crippen molar-refractivity contribution in [3.8, 4) is 11.5 Å². The molecule has 2 aromatic rings. The Kier molecular flexibility index (Phi) is 16.4. The highest BCUT2D eigenvalue weighted by atomic mass is 33.1. The number of nitrogens with one attached hydrogen (secondary N) is 1. The summed E-state index contributed by atoms with van der Waals surface area (Å²) in [4.78, 5) is 0. The predicted molar refractivity (Wildman–Crippen MR) is 201 cm³/mol. The molecule has 0 aliphatic heterocycles. The number of benzene rings is 2. The topological polar surface area (TPSA) is 49.0 Å². The summed E-state index contributed by atoms with van der Waals surface area (Å²) in [6.07, 6.45) is -16.1. The minimum Gasteiger partial charge on any atom is -0.451 e. The summed E-state index contributed by atoms with van der Waals surface area (Å²) in [6, 6.07) is 4.82. The highest BCUT2D eigenvalue weighted by Crippen LogP contribution is 2.62. The summed E-state index contributed by atoms with van der Waals surface area (Å²) in [5, 5.41) is 2.82. The van der Waals surface area contributed by atoms with Gasteiger partial charge in [-0.3, -0.25) is 0 Å². The van der Waals surface area contributed by atoms with Crippen LogP contribution >= 0.6 is 21.6 Å². The Morgan fingerprint density at radius 2 is 1.43 bits per heavy atom. The van der Waals surface area contributed by atoms with Crippen molar-refractivity contribution in [3.63, 3.8) is 0 Å². The van der Waals surface area contributed by atoms with Gasteiger partial charge in [-0.25, -0.2) is 8.78 Å². The van der Waals surface area contributed by atoms with Gasteiger partial charge in [-0.05, 0) is 111 Å². The highest BCUT2D eigenvalue weighted by Gasteiger charge is 2.85. The lowest BCUT2D eigenvalue weighted by Crippen LogP contribution is -2.67. The van der Waals surface area contributed by atoms with E-state index >= 15 is 17.6 Å². The van der Waals surface area contributed by atoms with E-state index in [4.69, 9.17) is 14.2 Å². The van der Waals surface area contributed by atoms with E-state index in [0.29, 0.717) is 64.7 Å². The van der Waals surface area contributed by atoms with Crippen LogP contribution in [0.15, 0.2) is 18.2 Å². The van der Waals surface area contributed by atoms with E-state index in [-0.39, 0.29) is 23.5 Å². The Hall–Kier alpha value is -2.13. The largest absolute Gasteiger partial charge is 0.451 e. The van der Waals surface area contributed by atoms with Gasteiger partial charge in [0.05, 0.1) is 19.3 Å². The summed E-state index contributed by atoms with van der Waals surface area (Å²) >= 11 is 0. The first kappa shape index (κ1) is 48.9. The molecule has 5 nitrogen and oxygen atoms in total. The van der Waals surface area contributed by atoms with Gasteiger partial charge in [-0.2, -0.15) is 48.3 Å². The molecule has 0 spiro atoms. The SMILES string of the molecule is CCCOCCSSCCCNCc1c(F)c(F)c(Oc2ccc3c(c2)CCC2C3CCC3(C)C(OCCCOC(C(F)(F)F)(C(F)(F)F)C(F)(F)F)CCC23)c(F)c1F. The quantitative estimate of drug-likeness (QED) is 0.0614. The van der Waals surface area contributed by atoms with Crippen LogP contribution < -0.4 is 10.1 Å². The second kappa shape index (κ2) is 20.1. The first-order valence-electron chi connectivity index (χ1n) is 19.8. The number of alkyl halides is 9. The third kappa shape index (κ3) is 10.3. The van der Waals surface area contributed by atoms with Crippen molar-refractivity contribution in [2.75, 3.05) is 44.5 Å². The van der Waals surface area contributed by atoms with Crippen molar-refractivity contribution in [1.29, 1.82) is 0 Å². The summed E-state index contributed by atoms with van der Waals surface area (Å²) < 4.78 is 200. The van der Waals surface area contributed by atoms with Gasteiger partial charge >= 0.3 is 24.1 Å². The van der Waals surface area contributed by atoms with Crippen LogP contribution in [-0.4, -0.2) is 74.7 Å². The third-order valence-electron chi connectivity index (χ3n) is 11.9. The van der Waals surface area contributed by atoms with Crippen LogP contribution in [0.1, 0.15) is 87.8 Å². The minimum absolute atomic E-state index is 0.0149. The van der Waals surface area contributed by atoms with E-state index in [1.165, 1.54) is 6.07 Å². The van der Waals surface area contributed by atoms with Crippen molar-refractivity contribution in [2.45, 2.75) is 114 Å². The van der Waals surface area contributed by atoms with E-state index in [1.807, 2.05) is 13.8 Å². The number of aryl methyl sites for hydroxylation is 1. The molecule has 2 saturated carbocycles. The number of ether oxygens (including phenoxy) is 4. The number of hydrogen-bond donors (Lipinski definition) is 1. The Bertz CT molecular complexity index is 1680. The molecule has 0 aromatic heterocycles. The van der Waals surface area contributed by atoms with Crippen molar-refractivity contribution in [2.24, 2.45) is 17.3 Å². The summed E-state index contributed by atoms with van der Waals surface area (Å²) in [5.41, 5.74) is -5.72. The molecule has 2 aromatic carbocycles. The molecule has 60 heavy (non-hydrogen) atoms. The molecule has 5 rings (SSSR count). The van der Waals surface area contributed by atoms with Crippen LogP contribution in [0, 0.1) is 40.5 Å². The molecule has 0 saturated heterocycles. The van der Waals surface area contributed by atoms with Crippen LogP contribution in [0.5, 0.6) is 11.5 Å². The first-order chi connectivity index (χ1) is 28.2. The lowest BCUT2D eigenvalue weighted by Gasteiger charge is -2.50. The number of hydrogen-bond acceptors (Lipinski definition) is 7. The average molecular weight is 918 g/mol. The molecule has 1 N–H and O–H groups in total. The van der Waals surface area contributed by atoms with Crippen LogP contribution in [0.2, 0.25) is 0 Å². The number of rotatable bonds is 20. The molecule has 340 valence electrons. The standard InChI is InChI=1S/C40H48F13NO4S2/c1-3-15-55-18-20-60-59-19-4-14-54-22-28-31(41)33(43)35(34(44)32(28)42)58-24-7-9-25-23(21-24)6-8-27-26(25)12-13-36(2)29(27)10-11-30(36)56-16-5-17-57-37(38(45,46)47,39(48,49)50)40(51,52)53/h7,9,21,26-27,29-30,54H,3-6,8,10-20,22H2,1-2H3. The Morgan fingerprint density at radius 3 is 2.08 bits per heavy atom. The van der Waals surface area contributed by atoms with Gasteiger partial charge in [0, 0.05) is 36.8 Å². The molecule has 2 fully saturated rings. The normalized spacial score (nSPS) is 23.4. The molecule has 3 aliphatic carbocycles. The Balaban J connectivity index is 1.14. The maximum atomic E-state index is 15.2. The molecular weight excluding hydrogens is 870 g/mol. The predicted octanol–water partition coefficient (Wildman–Crippen LogP) is 12.4. The second-order valence-corrected chi connectivity index (χ2v) is 18.3. The fourth-order valence-electron chi connectivity index (χ4n) is 9.03. The molecular formula is C40H48F13NO4S2. The smallest absolute Gasteiger partial charge is 0.435 e. The first-order valence-corrected chi connectivity index (χ1v) is 22.3. The minimum atomic E-state index is -6.80. The highest BCUT2D eigenvalue weighted by molar-refractivity contribution is 8.76. The fourth-order valence-corrected chi connectivity index (χ4v) is 11.0. The monoisotopic (exact) mass is 917 g/mol. The van der Waals surface area contributed by atoms with Gasteiger partial charge < -0.3 is 24.3 Å². The van der Waals surface area contributed by atoms with Crippen molar-refractivity contribution in [1.82, 2.24) is 5.32 Å². The van der Waals surface area contributed by atoms with Crippen LogP contribution in [0.4, 0.5) is 57.1 Å². The Labute approximate surface area is 347 Å². The van der Waals surface area contributed by atoms with Crippen LogP contribution in [0.25, 0.3) is 0 Å². The van der Waals surface area contributed by atoms with E-state index in [0.717, 1.165) is 29.1 Å². The van der Waals surface area contributed by atoms with Crippen molar-refractivity contribution >= 4 is 21.6 Å². The van der Waals surface area contributed by atoms with Gasteiger partial charge in [-0.15, -0.1) is 0 Å². The second-order valence-electron chi connectivity index (χ2n) is 15.6. The molecule has 0 radical (unpaired) electrons. The van der Waals surface area contributed by atoms with Crippen molar-refractivity contribution in [3.05, 3.63) is 58.2 Å². The van der Waals surface area contributed by atoms with Gasteiger partial charge in [0.2, 0.25) is 17.4 Å². The maximum Gasteiger partial charge on any atom is 0.435 e. The summed E-state index contributed by atoms with van der Waals surface area (Å²) in [6.45, 7) is 3.40. The van der Waals surface area contributed by atoms with Crippen LogP contribution in [-0.2, 0) is 27.2 Å². The zero-order chi connectivity index (χ0) is 44.1.